The Morgan fingerprint density at radius 1 is 1.07 bits per heavy atom. The molecule has 27 heavy (non-hydrogen) atoms. The molecule has 4 rings (SSSR count). The molecule has 3 aliphatic heterocycles. The summed E-state index contributed by atoms with van der Waals surface area (Å²) in [6, 6.07) is 8.97. The maximum Gasteiger partial charge on any atom is 0.234 e. The first-order valence-corrected chi connectivity index (χ1v) is 10.3. The Morgan fingerprint density at radius 3 is 2.19 bits per heavy atom. The summed E-state index contributed by atoms with van der Waals surface area (Å²) in [5.74, 6) is -0.509. The van der Waals surface area contributed by atoms with Crippen LogP contribution in [0.4, 0.5) is 5.69 Å². The topological polar surface area (TPSA) is 52.6 Å². The number of hydrogen-bond acceptors (Lipinski definition) is 4. The average Bonchev–Trinajstić information content (AvgIpc) is 2.53. The molecule has 1 N–H and O–H groups in total. The van der Waals surface area contributed by atoms with E-state index in [2.05, 4.69) is 54.9 Å². The van der Waals surface area contributed by atoms with Crippen LogP contribution in [-0.4, -0.2) is 48.9 Å². The Balaban J connectivity index is 0.000000659. The van der Waals surface area contributed by atoms with Crippen LogP contribution in [0.2, 0.25) is 0 Å². The fourth-order valence-electron chi connectivity index (χ4n) is 4.26. The van der Waals surface area contributed by atoms with Crippen molar-refractivity contribution in [2.24, 2.45) is 5.41 Å². The van der Waals surface area contributed by atoms with Crippen LogP contribution in [0.5, 0.6) is 0 Å². The number of nitrogens with one attached hydrogen (secondary N) is 1. The van der Waals surface area contributed by atoms with Gasteiger partial charge >= 0.3 is 0 Å². The molecule has 1 spiro atoms. The van der Waals surface area contributed by atoms with Crippen molar-refractivity contribution in [1.29, 1.82) is 0 Å². The molecular formula is C22H33N3O2. The summed E-state index contributed by atoms with van der Waals surface area (Å²) in [4.78, 5) is 28.2. The molecule has 0 saturated carbocycles. The van der Waals surface area contributed by atoms with E-state index in [1.165, 1.54) is 25.2 Å². The average molecular weight is 372 g/mol. The number of imide groups is 1. The number of benzene rings is 1. The first-order valence-electron chi connectivity index (χ1n) is 10.3. The Labute approximate surface area is 163 Å². The van der Waals surface area contributed by atoms with Crippen LogP contribution >= 0.6 is 0 Å². The lowest BCUT2D eigenvalue weighted by Crippen LogP contribution is -2.73. The highest BCUT2D eigenvalue weighted by Gasteiger charge is 2.52. The number of likely N-dealkylation sites (tertiary alicyclic amines) is 1. The zero-order chi connectivity index (χ0) is 19.6. The summed E-state index contributed by atoms with van der Waals surface area (Å²) in [5, 5.41) is 2.43. The van der Waals surface area contributed by atoms with Crippen molar-refractivity contribution in [1.82, 2.24) is 10.2 Å². The second-order valence-electron chi connectivity index (χ2n) is 8.66. The van der Waals surface area contributed by atoms with Gasteiger partial charge in [-0.05, 0) is 38.0 Å². The molecule has 5 nitrogen and oxygen atoms in total. The third-order valence-corrected chi connectivity index (χ3v) is 5.76. The summed E-state index contributed by atoms with van der Waals surface area (Å²) in [6.07, 6.45) is 2.29. The van der Waals surface area contributed by atoms with Gasteiger partial charge in [-0.25, -0.2) is 0 Å². The molecule has 3 saturated heterocycles. The number of carbonyl (C=O) groups excluding carboxylic acids is 2. The van der Waals surface area contributed by atoms with Crippen LogP contribution in [0, 0.1) is 5.41 Å². The highest BCUT2D eigenvalue weighted by Crippen LogP contribution is 2.42. The van der Waals surface area contributed by atoms with E-state index in [1.807, 2.05) is 12.1 Å². The summed E-state index contributed by atoms with van der Waals surface area (Å²) in [5.41, 5.74) is 2.75. The van der Waals surface area contributed by atoms with Crippen LogP contribution in [0.3, 0.4) is 0 Å². The molecule has 1 unspecified atom stereocenters. The predicted molar refractivity (Wildman–Crippen MR) is 109 cm³/mol. The molecule has 148 valence electrons. The molecular weight excluding hydrogens is 338 g/mol. The maximum atomic E-state index is 12.0. The van der Waals surface area contributed by atoms with E-state index >= 15 is 0 Å². The minimum atomic E-state index is -0.189. The molecule has 0 radical (unpaired) electrons. The van der Waals surface area contributed by atoms with Gasteiger partial charge in [0.25, 0.3) is 0 Å². The minimum Gasteiger partial charge on any atom is -0.370 e. The van der Waals surface area contributed by atoms with Gasteiger partial charge in [-0.3, -0.25) is 19.8 Å². The summed E-state index contributed by atoms with van der Waals surface area (Å²) in [6.45, 7) is 13.5. The van der Waals surface area contributed by atoms with E-state index in [-0.39, 0.29) is 17.7 Å². The smallest absolute Gasteiger partial charge is 0.234 e. The molecule has 3 aliphatic rings. The van der Waals surface area contributed by atoms with Crippen LogP contribution in [0.25, 0.3) is 0 Å². The first kappa shape index (κ1) is 19.9. The van der Waals surface area contributed by atoms with Crippen LogP contribution in [0.1, 0.15) is 58.4 Å². The molecule has 1 atom stereocenters. The number of rotatable bonds is 3. The zero-order valence-electron chi connectivity index (χ0n) is 17.1. The fraction of sp³-hybridized carbons (Fsp3) is 0.636. The highest BCUT2D eigenvalue weighted by atomic mass is 16.2. The van der Waals surface area contributed by atoms with Crippen LogP contribution in [0.15, 0.2) is 24.3 Å². The van der Waals surface area contributed by atoms with E-state index in [0.29, 0.717) is 24.3 Å². The molecule has 1 aromatic rings. The molecule has 0 aromatic heterocycles. The van der Waals surface area contributed by atoms with Gasteiger partial charge in [0.15, 0.2) is 0 Å². The molecule has 3 heterocycles. The van der Waals surface area contributed by atoms with Crippen molar-refractivity contribution in [3.8, 4) is 0 Å². The Hall–Kier alpha value is -1.88. The highest BCUT2D eigenvalue weighted by molar-refractivity contribution is 6.00. The molecule has 0 aliphatic carbocycles. The van der Waals surface area contributed by atoms with Crippen molar-refractivity contribution >= 4 is 17.5 Å². The Bertz CT molecular complexity index is 669. The van der Waals surface area contributed by atoms with Crippen molar-refractivity contribution in [3.05, 3.63) is 29.8 Å². The normalized spacial score (nSPS) is 24.0. The predicted octanol–water partition coefficient (Wildman–Crippen LogP) is 3.15. The monoisotopic (exact) mass is 371 g/mol. The second kappa shape index (κ2) is 8.01. The number of carbonyl (C=O) groups is 2. The Morgan fingerprint density at radius 2 is 1.67 bits per heavy atom. The largest absolute Gasteiger partial charge is 0.370 e. The fourth-order valence-corrected chi connectivity index (χ4v) is 4.26. The summed E-state index contributed by atoms with van der Waals surface area (Å²) in [7, 11) is 0. The lowest BCUT2D eigenvalue weighted by atomic mass is 9.72. The second-order valence-corrected chi connectivity index (χ2v) is 8.66. The minimum absolute atomic E-state index is 0.158. The van der Waals surface area contributed by atoms with E-state index in [1.54, 1.807) is 0 Å². The molecule has 2 amide bonds. The van der Waals surface area contributed by atoms with Crippen LogP contribution < -0.4 is 10.2 Å². The molecule has 0 bridgehead atoms. The standard InChI is InChI=1S/C19H25N3O2.C3H8/c1-13(2)21-9-19(10-21)11-22(12-19)15-5-3-14(4-6-15)16-7-8-17(23)20-18(16)24;1-3-2/h3-6,13,16H,7-12H2,1-2H3,(H,20,23,24);3H2,1-2H3. The number of amides is 2. The van der Waals surface area contributed by atoms with Crippen molar-refractivity contribution in [2.45, 2.75) is 58.9 Å². The van der Waals surface area contributed by atoms with Crippen molar-refractivity contribution < 1.29 is 9.59 Å². The van der Waals surface area contributed by atoms with Gasteiger partial charge in [0.05, 0.1) is 5.92 Å². The number of nitrogens with zero attached hydrogens (tertiary/aromatic N) is 2. The van der Waals surface area contributed by atoms with Gasteiger partial charge in [0.1, 0.15) is 0 Å². The molecule has 3 fully saturated rings. The number of hydrogen-bond donors (Lipinski definition) is 1. The van der Waals surface area contributed by atoms with Crippen molar-refractivity contribution in [3.63, 3.8) is 0 Å². The van der Waals surface area contributed by atoms with E-state index < -0.39 is 0 Å². The lowest BCUT2D eigenvalue weighted by molar-refractivity contribution is -0.134. The summed E-state index contributed by atoms with van der Waals surface area (Å²) >= 11 is 0. The van der Waals surface area contributed by atoms with E-state index in [9.17, 15) is 9.59 Å². The van der Waals surface area contributed by atoms with Gasteiger partial charge in [-0.15, -0.1) is 0 Å². The first-order chi connectivity index (χ1) is 12.9. The lowest BCUT2D eigenvalue weighted by Gasteiger charge is -2.62. The molecule has 5 heteroatoms. The summed E-state index contributed by atoms with van der Waals surface area (Å²) < 4.78 is 0. The SMILES string of the molecule is CC(C)N1CC2(CN(c3ccc(C4CCC(=O)NC4=O)cc3)C2)C1.CCC. The third kappa shape index (κ3) is 4.18. The van der Waals surface area contributed by atoms with Gasteiger partial charge in [0.2, 0.25) is 11.8 Å². The van der Waals surface area contributed by atoms with Gasteiger partial charge in [-0.1, -0.05) is 32.4 Å². The molecule has 1 aromatic carbocycles. The van der Waals surface area contributed by atoms with Crippen LogP contribution in [-0.2, 0) is 9.59 Å². The Kier molecular flexibility index (Phi) is 5.89. The van der Waals surface area contributed by atoms with Crippen molar-refractivity contribution in [2.75, 3.05) is 31.1 Å². The van der Waals surface area contributed by atoms with Gasteiger partial charge < -0.3 is 4.90 Å². The van der Waals surface area contributed by atoms with E-state index in [0.717, 1.165) is 18.7 Å². The zero-order valence-corrected chi connectivity index (χ0v) is 17.1. The maximum absolute atomic E-state index is 12.0. The quantitative estimate of drug-likeness (QED) is 0.830. The number of anilines is 1. The van der Waals surface area contributed by atoms with Gasteiger partial charge in [0, 0.05) is 49.7 Å². The third-order valence-electron chi connectivity index (χ3n) is 5.76. The van der Waals surface area contributed by atoms with Gasteiger partial charge in [-0.2, -0.15) is 0 Å². The van der Waals surface area contributed by atoms with E-state index in [4.69, 9.17) is 0 Å². The number of piperidine rings is 1.